The summed E-state index contributed by atoms with van der Waals surface area (Å²) >= 11 is 5.84. The van der Waals surface area contributed by atoms with Crippen molar-refractivity contribution in [2.24, 2.45) is 0 Å². The third kappa shape index (κ3) is 6.73. The molecule has 0 unspecified atom stereocenters. The Morgan fingerprint density at radius 3 is 2.70 bits per heavy atom. The van der Waals surface area contributed by atoms with Crippen LogP contribution in [0.1, 0.15) is 24.8 Å². The molecule has 1 N–H and O–H groups in total. The van der Waals surface area contributed by atoms with Crippen LogP contribution in [-0.4, -0.2) is 50.2 Å². The van der Waals surface area contributed by atoms with Crippen LogP contribution in [0.3, 0.4) is 0 Å². The minimum absolute atomic E-state index is 0.0298. The van der Waals surface area contributed by atoms with Gasteiger partial charge in [0.1, 0.15) is 0 Å². The van der Waals surface area contributed by atoms with Crippen molar-refractivity contribution in [2.75, 3.05) is 33.4 Å². The van der Waals surface area contributed by atoms with Crippen LogP contribution in [0.15, 0.2) is 30.3 Å². The van der Waals surface area contributed by atoms with Crippen LogP contribution >= 0.6 is 11.6 Å². The topological polar surface area (TPSA) is 41.6 Å². The first kappa shape index (κ1) is 18.0. The Balaban J connectivity index is 1.69. The molecule has 5 heteroatoms. The first-order valence-electron chi connectivity index (χ1n) is 8.13. The van der Waals surface area contributed by atoms with E-state index in [0.717, 1.165) is 51.1 Å². The average molecular weight is 337 g/mol. The molecule has 4 nitrogen and oxygen atoms in total. The number of likely N-dealkylation sites (tertiary alicyclic amines) is 1. The van der Waals surface area contributed by atoms with E-state index in [2.05, 4.69) is 10.2 Å². The highest BCUT2D eigenvalue weighted by Crippen LogP contribution is 2.12. The van der Waals surface area contributed by atoms with Crippen molar-refractivity contribution in [1.82, 2.24) is 10.2 Å². The summed E-state index contributed by atoms with van der Waals surface area (Å²) in [5, 5.41) is 3.78. The number of amides is 1. The average Bonchev–Trinajstić information content (AvgIpc) is 2.56. The second kappa shape index (κ2) is 9.71. The Kier molecular flexibility index (Phi) is 7.59. The van der Waals surface area contributed by atoms with Crippen LogP contribution in [0.25, 0.3) is 6.08 Å². The molecule has 23 heavy (non-hydrogen) atoms. The lowest BCUT2D eigenvalue weighted by molar-refractivity contribution is -0.117. The molecule has 1 saturated heterocycles. The number of hydrogen-bond acceptors (Lipinski definition) is 3. The smallest absolute Gasteiger partial charge is 0.244 e. The fourth-order valence-electron chi connectivity index (χ4n) is 2.73. The number of piperidine rings is 1. The maximum atomic E-state index is 12.0. The number of hydrogen-bond donors (Lipinski definition) is 1. The van der Waals surface area contributed by atoms with Crippen molar-refractivity contribution in [3.63, 3.8) is 0 Å². The molecule has 0 atom stereocenters. The first-order valence-corrected chi connectivity index (χ1v) is 8.50. The van der Waals surface area contributed by atoms with Gasteiger partial charge >= 0.3 is 0 Å². The fourth-order valence-corrected chi connectivity index (χ4v) is 2.85. The third-order valence-corrected chi connectivity index (χ3v) is 4.31. The minimum atomic E-state index is -0.0298. The van der Waals surface area contributed by atoms with E-state index in [0.29, 0.717) is 5.02 Å². The molecule has 0 radical (unpaired) electrons. The van der Waals surface area contributed by atoms with Gasteiger partial charge < -0.3 is 15.0 Å². The van der Waals surface area contributed by atoms with E-state index in [1.807, 2.05) is 30.3 Å². The van der Waals surface area contributed by atoms with Crippen LogP contribution in [0.5, 0.6) is 0 Å². The molecule has 0 aromatic heterocycles. The molecular weight excluding hydrogens is 312 g/mol. The van der Waals surface area contributed by atoms with E-state index in [9.17, 15) is 4.79 Å². The van der Waals surface area contributed by atoms with E-state index in [1.54, 1.807) is 13.2 Å². The summed E-state index contributed by atoms with van der Waals surface area (Å²) in [5.74, 6) is -0.0298. The second-order valence-electron chi connectivity index (χ2n) is 5.86. The maximum absolute atomic E-state index is 12.0. The SMILES string of the molecule is COCCCN1CCC(NC(=O)/C=C\c2ccc(Cl)cc2)CC1. The molecule has 1 fully saturated rings. The first-order chi connectivity index (χ1) is 11.2. The van der Waals surface area contributed by atoms with Crippen molar-refractivity contribution in [3.05, 3.63) is 40.9 Å². The van der Waals surface area contributed by atoms with Gasteiger partial charge in [0, 0.05) is 50.5 Å². The highest BCUT2D eigenvalue weighted by molar-refractivity contribution is 6.30. The summed E-state index contributed by atoms with van der Waals surface area (Å²) in [6.45, 7) is 3.96. The van der Waals surface area contributed by atoms with Gasteiger partial charge in [-0.2, -0.15) is 0 Å². The Hall–Kier alpha value is -1.36. The fraction of sp³-hybridized carbons (Fsp3) is 0.500. The number of ether oxygens (including phenoxy) is 1. The molecular formula is C18H25ClN2O2. The van der Waals surface area contributed by atoms with Crippen LogP contribution < -0.4 is 5.32 Å². The molecule has 0 aliphatic carbocycles. The van der Waals surface area contributed by atoms with Gasteiger partial charge in [-0.25, -0.2) is 0 Å². The number of carbonyl (C=O) groups is 1. The molecule has 0 spiro atoms. The molecule has 1 heterocycles. The third-order valence-electron chi connectivity index (χ3n) is 4.05. The number of methoxy groups -OCH3 is 1. The summed E-state index contributed by atoms with van der Waals surface area (Å²) in [4.78, 5) is 14.4. The van der Waals surface area contributed by atoms with Crippen molar-refractivity contribution >= 4 is 23.6 Å². The normalized spacial score (nSPS) is 16.8. The molecule has 1 aliphatic rings. The summed E-state index contributed by atoms with van der Waals surface area (Å²) in [6, 6.07) is 7.70. The van der Waals surface area contributed by atoms with Gasteiger partial charge in [-0.3, -0.25) is 4.79 Å². The van der Waals surface area contributed by atoms with Gasteiger partial charge in [0.05, 0.1) is 0 Å². The molecule has 0 saturated carbocycles. The summed E-state index contributed by atoms with van der Waals surface area (Å²) in [6.07, 6.45) is 6.48. The number of halogens is 1. The molecule has 1 aliphatic heterocycles. The molecule has 126 valence electrons. The Morgan fingerprint density at radius 1 is 1.35 bits per heavy atom. The Bertz CT molecular complexity index is 508. The van der Waals surface area contributed by atoms with Crippen LogP contribution in [0, 0.1) is 0 Å². The van der Waals surface area contributed by atoms with Crippen molar-refractivity contribution in [1.29, 1.82) is 0 Å². The summed E-state index contributed by atoms with van der Waals surface area (Å²) in [5.41, 5.74) is 0.970. The van der Waals surface area contributed by atoms with Gasteiger partial charge in [-0.05, 0) is 43.0 Å². The highest BCUT2D eigenvalue weighted by atomic mass is 35.5. The Morgan fingerprint density at radius 2 is 2.04 bits per heavy atom. The van der Waals surface area contributed by atoms with Crippen LogP contribution in [0.4, 0.5) is 0 Å². The summed E-state index contributed by atoms with van der Waals surface area (Å²) in [7, 11) is 1.74. The zero-order chi connectivity index (χ0) is 16.5. The monoisotopic (exact) mass is 336 g/mol. The van der Waals surface area contributed by atoms with Gasteiger partial charge in [0.15, 0.2) is 0 Å². The molecule has 1 aromatic carbocycles. The predicted molar refractivity (Wildman–Crippen MR) is 94.6 cm³/mol. The van der Waals surface area contributed by atoms with E-state index >= 15 is 0 Å². The zero-order valence-electron chi connectivity index (χ0n) is 13.6. The van der Waals surface area contributed by atoms with Gasteiger partial charge in [0.2, 0.25) is 5.91 Å². The number of rotatable bonds is 7. The van der Waals surface area contributed by atoms with Crippen molar-refractivity contribution < 1.29 is 9.53 Å². The number of nitrogens with one attached hydrogen (secondary N) is 1. The Labute approximate surface area is 143 Å². The van der Waals surface area contributed by atoms with E-state index in [-0.39, 0.29) is 11.9 Å². The van der Waals surface area contributed by atoms with Gasteiger partial charge in [-0.15, -0.1) is 0 Å². The number of carbonyl (C=O) groups excluding carboxylic acids is 1. The maximum Gasteiger partial charge on any atom is 0.244 e. The molecule has 1 aromatic rings. The molecule has 0 bridgehead atoms. The predicted octanol–water partition coefficient (Wildman–Crippen LogP) is 2.97. The lowest BCUT2D eigenvalue weighted by Gasteiger charge is -2.32. The minimum Gasteiger partial charge on any atom is -0.385 e. The second-order valence-corrected chi connectivity index (χ2v) is 6.29. The standard InChI is InChI=1S/C18H25ClN2O2/c1-23-14-2-11-21-12-9-17(10-13-21)20-18(22)8-5-15-3-6-16(19)7-4-15/h3-8,17H,2,9-14H2,1H3,(H,20,22)/b8-5-. The van der Waals surface area contributed by atoms with E-state index in [1.165, 1.54) is 0 Å². The highest BCUT2D eigenvalue weighted by Gasteiger charge is 2.19. The largest absolute Gasteiger partial charge is 0.385 e. The number of benzene rings is 1. The van der Waals surface area contributed by atoms with Gasteiger partial charge in [-0.1, -0.05) is 23.7 Å². The number of nitrogens with zero attached hydrogens (tertiary/aromatic N) is 1. The lowest BCUT2D eigenvalue weighted by atomic mass is 10.0. The van der Waals surface area contributed by atoms with Crippen molar-refractivity contribution in [2.45, 2.75) is 25.3 Å². The molecule has 2 rings (SSSR count). The van der Waals surface area contributed by atoms with Crippen LogP contribution in [-0.2, 0) is 9.53 Å². The lowest BCUT2D eigenvalue weighted by Crippen LogP contribution is -2.44. The van der Waals surface area contributed by atoms with Gasteiger partial charge in [0.25, 0.3) is 0 Å². The summed E-state index contributed by atoms with van der Waals surface area (Å²) < 4.78 is 5.08. The van der Waals surface area contributed by atoms with E-state index in [4.69, 9.17) is 16.3 Å². The quantitative estimate of drug-likeness (QED) is 0.615. The zero-order valence-corrected chi connectivity index (χ0v) is 14.4. The van der Waals surface area contributed by atoms with Crippen LogP contribution in [0.2, 0.25) is 5.02 Å². The van der Waals surface area contributed by atoms with Crippen molar-refractivity contribution in [3.8, 4) is 0 Å². The van der Waals surface area contributed by atoms with E-state index < -0.39 is 0 Å². The molecule has 1 amide bonds.